The van der Waals surface area contributed by atoms with E-state index in [9.17, 15) is 23.7 Å². The lowest BCUT2D eigenvalue weighted by Crippen LogP contribution is -2.34. The maximum absolute atomic E-state index is 11.8. The van der Waals surface area contributed by atoms with Gasteiger partial charge in [0.2, 0.25) is 0 Å². The molecule has 0 bridgehead atoms. The van der Waals surface area contributed by atoms with Crippen LogP contribution in [-0.2, 0) is 34.8 Å². The number of esters is 2. The Labute approximate surface area is 249 Å². The van der Waals surface area contributed by atoms with Gasteiger partial charge in [0, 0.05) is 35.9 Å². The largest absolute Gasteiger partial charge is 0.481 e. The summed E-state index contributed by atoms with van der Waals surface area (Å²) in [7, 11) is 0. The molecule has 220 valence electrons. The van der Waals surface area contributed by atoms with E-state index in [4.69, 9.17) is 19.7 Å². The van der Waals surface area contributed by atoms with E-state index in [-0.39, 0.29) is 23.8 Å². The van der Waals surface area contributed by atoms with Crippen LogP contribution in [0.5, 0.6) is 0 Å². The van der Waals surface area contributed by atoms with E-state index in [2.05, 4.69) is 43.7 Å². The standard InChI is InChI=1S/2C13H13NO4.Cl3OP/c2*15-11(16)8-1-4-13(5-2-8)10-7-14-6-3-9(10)12(17)18-13;1-5(2,3)4/h2*3,6-8H,1-2,4-5H2,(H,15,16);. The minimum Gasteiger partial charge on any atom is -0.481 e. The Bertz CT molecular complexity index is 1300. The van der Waals surface area contributed by atoms with Crippen molar-refractivity contribution in [3.8, 4) is 0 Å². The van der Waals surface area contributed by atoms with Gasteiger partial charge in [0.25, 0.3) is 0 Å². The predicted molar refractivity (Wildman–Crippen MR) is 147 cm³/mol. The molecule has 0 radical (unpaired) electrons. The number of carboxylic acid groups (broad SMARTS) is 2. The lowest BCUT2D eigenvalue weighted by molar-refractivity contribution is -0.146. The molecule has 2 aromatic heterocycles. The van der Waals surface area contributed by atoms with Crippen LogP contribution in [0, 0.1) is 11.8 Å². The van der Waals surface area contributed by atoms with E-state index in [0.717, 1.165) is 11.1 Å². The van der Waals surface area contributed by atoms with E-state index in [0.29, 0.717) is 62.5 Å². The Morgan fingerprint density at radius 1 is 0.756 bits per heavy atom. The minimum absolute atomic E-state index is 0.318. The summed E-state index contributed by atoms with van der Waals surface area (Å²) in [5, 5.41) is 14.8. The second-order valence-electron chi connectivity index (χ2n) is 10.2. The summed E-state index contributed by atoms with van der Waals surface area (Å²) in [6, 6.07) is 3.32. The highest BCUT2D eigenvalue weighted by Gasteiger charge is 2.49. The maximum Gasteiger partial charge on any atom is 0.339 e. The molecule has 2 aliphatic heterocycles. The Balaban J connectivity index is 0.000000163. The summed E-state index contributed by atoms with van der Waals surface area (Å²) in [4.78, 5) is 53.6. The Hall–Kier alpha value is -2.72. The first kappa shape index (κ1) is 31.2. The average Bonchev–Trinajstić information content (AvgIpc) is 3.35. The van der Waals surface area contributed by atoms with E-state index >= 15 is 0 Å². The number of aliphatic carboxylic acids is 2. The van der Waals surface area contributed by atoms with Crippen LogP contribution in [0.2, 0.25) is 0 Å². The number of fused-ring (bicyclic) bond motifs is 4. The second-order valence-corrected chi connectivity index (χ2v) is 16.9. The summed E-state index contributed by atoms with van der Waals surface area (Å²) in [6.45, 7) is 0. The van der Waals surface area contributed by atoms with E-state index < -0.39 is 28.3 Å². The molecule has 0 unspecified atom stereocenters. The van der Waals surface area contributed by atoms with Gasteiger partial charge in [-0.05, 0) is 97.2 Å². The van der Waals surface area contributed by atoms with Crippen molar-refractivity contribution in [1.82, 2.24) is 9.97 Å². The normalized spacial score (nSPS) is 27.8. The lowest BCUT2D eigenvalue weighted by atomic mass is 9.75. The fourth-order valence-electron chi connectivity index (χ4n) is 5.85. The molecule has 41 heavy (non-hydrogen) atoms. The van der Waals surface area contributed by atoms with Crippen molar-refractivity contribution in [2.45, 2.75) is 62.6 Å². The molecule has 2 N–H and O–H groups in total. The fraction of sp³-hybridized carbons (Fsp3) is 0.462. The summed E-state index contributed by atoms with van der Waals surface area (Å²) in [5.74, 6) is -2.81. The van der Waals surface area contributed by atoms with Gasteiger partial charge in [0.1, 0.15) is 11.2 Å². The predicted octanol–water partition coefficient (Wildman–Crippen LogP) is 6.26. The number of rotatable bonds is 2. The number of aromatic nitrogens is 2. The highest BCUT2D eigenvalue weighted by molar-refractivity contribution is 8.24. The molecule has 4 heterocycles. The van der Waals surface area contributed by atoms with Crippen LogP contribution in [0.4, 0.5) is 0 Å². The second kappa shape index (κ2) is 12.3. The number of halogens is 3. The van der Waals surface area contributed by atoms with E-state index in [1.807, 2.05) is 0 Å². The Morgan fingerprint density at radius 2 is 1.07 bits per heavy atom. The first-order valence-corrected chi connectivity index (χ1v) is 17.2. The van der Waals surface area contributed by atoms with Crippen molar-refractivity contribution in [3.05, 3.63) is 59.2 Å². The zero-order valence-electron chi connectivity index (χ0n) is 21.5. The van der Waals surface area contributed by atoms with Crippen LogP contribution in [0.15, 0.2) is 36.9 Å². The van der Waals surface area contributed by atoms with Crippen molar-refractivity contribution in [2.75, 3.05) is 0 Å². The molecule has 2 spiro atoms. The van der Waals surface area contributed by atoms with E-state index in [1.54, 1.807) is 36.9 Å². The number of pyridine rings is 2. The van der Waals surface area contributed by atoms with Crippen LogP contribution in [0.25, 0.3) is 0 Å². The summed E-state index contributed by atoms with van der Waals surface area (Å²) < 4.78 is 20.5. The molecule has 2 aromatic rings. The van der Waals surface area contributed by atoms with E-state index in [1.165, 1.54) is 0 Å². The van der Waals surface area contributed by atoms with Crippen molar-refractivity contribution in [3.63, 3.8) is 0 Å². The minimum atomic E-state index is -3.22. The van der Waals surface area contributed by atoms with Crippen LogP contribution >= 0.6 is 38.9 Å². The fourth-order valence-corrected chi connectivity index (χ4v) is 5.85. The molecule has 4 aliphatic rings. The first-order chi connectivity index (χ1) is 19.2. The molecule has 2 aliphatic carbocycles. The van der Waals surface area contributed by atoms with Crippen LogP contribution in [0.3, 0.4) is 0 Å². The van der Waals surface area contributed by atoms with Gasteiger partial charge >= 0.3 is 29.1 Å². The molecule has 15 heteroatoms. The highest BCUT2D eigenvalue weighted by Crippen LogP contribution is 2.61. The first-order valence-electron chi connectivity index (χ1n) is 12.7. The molecule has 6 rings (SSSR count). The van der Waals surface area contributed by atoms with Crippen LogP contribution in [0.1, 0.15) is 83.2 Å². The van der Waals surface area contributed by atoms with Crippen molar-refractivity contribution < 1.29 is 43.4 Å². The Kier molecular flexibility index (Phi) is 9.33. The van der Waals surface area contributed by atoms with Gasteiger partial charge in [-0.25, -0.2) is 9.59 Å². The molecular formula is C26H26Cl3N2O9P. The molecule has 11 nitrogen and oxygen atoms in total. The topological polar surface area (TPSA) is 170 Å². The number of ether oxygens (including phenoxy) is 2. The summed E-state index contributed by atoms with van der Waals surface area (Å²) >= 11 is 13.8. The number of carbonyl (C=O) groups excluding carboxylic acids is 2. The summed E-state index contributed by atoms with van der Waals surface area (Å²) in [6.07, 6.45) is 10.9. The molecule has 0 aromatic carbocycles. The zero-order valence-corrected chi connectivity index (χ0v) is 24.7. The molecule has 0 atom stereocenters. The maximum atomic E-state index is 11.8. The van der Waals surface area contributed by atoms with Gasteiger partial charge in [-0.15, -0.1) is 0 Å². The smallest absolute Gasteiger partial charge is 0.339 e. The Morgan fingerprint density at radius 3 is 1.37 bits per heavy atom. The number of carboxylic acids is 2. The van der Waals surface area contributed by atoms with Gasteiger partial charge in [-0.1, -0.05) is 0 Å². The van der Waals surface area contributed by atoms with Crippen molar-refractivity contribution in [2.24, 2.45) is 11.8 Å². The van der Waals surface area contributed by atoms with Gasteiger partial charge in [-0.2, -0.15) is 0 Å². The molecule has 2 fully saturated rings. The van der Waals surface area contributed by atoms with Gasteiger partial charge in [-0.3, -0.25) is 24.1 Å². The van der Waals surface area contributed by atoms with Gasteiger partial charge < -0.3 is 19.7 Å². The lowest BCUT2D eigenvalue weighted by Gasteiger charge is -2.34. The number of carbonyl (C=O) groups is 4. The summed E-state index contributed by atoms with van der Waals surface area (Å²) in [5.41, 5.74) is 1.51. The van der Waals surface area contributed by atoms with Crippen molar-refractivity contribution in [1.29, 1.82) is 0 Å². The quantitative estimate of drug-likeness (QED) is 0.279. The van der Waals surface area contributed by atoms with Crippen LogP contribution in [-0.4, -0.2) is 44.1 Å². The zero-order chi connectivity index (χ0) is 30.0. The van der Waals surface area contributed by atoms with Gasteiger partial charge in [0.15, 0.2) is 0 Å². The van der Waals surface area contributed by atoms with Crippen molar-refractivity contribution >= 4 is 62.8 Å². The number of nitrogens with zero attached hydrogens (tertiary/aromatic N) is 2. The number of hydrogen-bond donors (Lipinski definition) is 2. The monoisotopic (exact) mass is 646 g/mol. The third kappa shape index (κ3) is 7.02. The molecular weight excluding hydrogens is 622 g/mol. The average molecular weight is 648 g/mol. The molecule has 0 amide bonds. The number of hydrogen-bond acceptors (Lipinski definition) is 9. The van der Waals surface area contributed by atoms with Gasteiger partial charge in [0.05, 0.1) is 23.0 Å². The highest BCUT2D eigenvalue weighted by atomic mass is 36.0. The third-order valence-corrected chi connectivity index (χ3v) is 7.92. The molecule has 2 saturated carbocycles. The third-order valence-electron chi connectivity index (χ3n) is 7.92. The SMILES string of the molecule is O=C1OC2(CCC(C(=O)O)CC2)c2cnccc21.O=C1OC2(CCC(C(=O)O)CC2)c2cnccc21.O=P(Cl)(Cl)Cl. The molecule has 0 saturated heterocycles. The van der Waals surface area contributed by atoms with Crippen LogP contribution < -0.4 is 0 Å².